The summed E-state index contributed by atoms with van der Waals surface area (Å²) >= 11 is 5.89. The molecular formula is C25H15ClN2O7. The lowest BCUT2D eigenvalue weighted by Crippen LogP contribution is -2.54. The van der Waals surface area contributed by atoms with Crippen molar-refractivity contribution < 1.29 is 33.4 Å². The molecule has 1 N–H and O–H groups in total. The van der Waals surface area contributed by atoms with Gasteiger partial charge in [0.1, 0.15) is 11.3 Å². The lowest BCUT2D eigenvalue weighted by Gasteiger charge is -2.26. The molecule has 1 saturated heterocycles. The molecule has 2 heterocycles. The first kappa shape index (κ1) is 22.2. The van der Waals surface area contributed by atoms with Gasteiger partial charge in [0.2, 0.25) is 6.79 Å². The first-order valence-corrected chi connectivity index (χ1v) is 10.7. The molecule has 10 heteroatoms. The van der Waals surface area contributed by atoms with Gasteiger partial charge in [-0.2, -0.15) is 0 Å². The highest BCUT2D eigenvalue weighted by Crippen LogP contribution is 2.33. The normalized spacial score (nSPS) is 15.9. The molecule has 1 fully saturated rings. The third kappa shape index (κ3) is 4.32. The number of para-hydroxylation sites is 1. The Hall–Kier alpha value is -4.63. The second-order valence-corrected chi connectivity index (χ2v) is 7.87. The van der Waals surface area contributed by atoms with Crippen LogP contribution in [0, 0.1) is 0 Å². The Labute approximate surface area is 203 Å². The van der Waals surface area contributed by atoms with Crippen LogP contribution >= 0.6 is 11.6 Å². The van der Waals surface area contributed by atoms with Crippen molar-refractivity contribution >= 4 is 47.2 Å². The van der Waals surface area contributed by atoms with Gasteiger partial charge < -0.3 is 14.2 Å². The minimum atomic E-state index is -0.887. The second kappa shape index (κ2) is 8.96. The van der Waals surface area contributed by atoms with Crippen LogP contribution in [0.3, 0.4) is 0 Å². The van der Waals surface area contributed by atoms with Gasteiger partial charge in [0.25, 0.3) is 11.8 Å². The van der Waals surface area contributed by atoms with E-state index in [-0.39, 0.29) is 34.9 Å². The summed E-state index contributed by atoms with van der Waals surface area (Å²) in [5, 5.41) is 2.57. The zero-order valence-corrected chi connectivity index (χ0v) is 18.6. The van der Waals surface area contributed by atoms with Crippen molar-refractivity contribution in [1.29, 1.82) is 0 Å². The van der Waals surface area contributed by atoms with Gasteiger partial charge in [0, 0.05) is 10.6 Å². The summed E-state index contributed by atoms with van der Waals surface area (Å²) < 4.78 is 16.1. The predicted octanol–water partition coefficient (Wildman–Crippen LogP) is 3.95. The van der Waals surface area contributed by atoms with Crippen molar-refractivity contribution in [2.24, 2.45) is 0 Å². The molecule has 0 bridgehead atoms. The fourth-order valence-corrected chi connectivity index (χ4v) is 3.64. The molecule has 0 saturated carbocycles. The minimum absolute atomic E-state index is 0.0654. The van der Waals surface area contributed by atoms with E-state index in [9.17, 15) is 19.2 Å². The monoisotopic (exact) mass is 490 g/mol. The molecule has 0 aliphatic carbocycles. The number of hydrogen-bond acceptors (Lipinski definition) is 7. The van der Waals surface area contributed by atoms with Gasteiger partial charge >= 0.3 is 12.0 Å². The Kier molecular flexibility index (Phi) is 5.68. The van der Waals surface area contributed by atoms with Crippen LogP contribution in [0.5, 0.6) is 17.2 Å². The lowest BCUT2D eigenvalue weighted by molar-refractivity contribution is -0.122. The van der Waals surface area contributed by atoms with Gasteiger partial charge in [-0.1, -0.05) is 29.8 Å². The van der Waals surface area contributed by atoms with Crippen molar-refractivity contribution in [2.75, 3.05) is 11.7 Å². The van der Waals surface area contributed by atoms with Crippen LogP contribution < -0.4 is 24.4 Å². The van der Waals surface area contributed by atoms with E-state index in [1.807, 2.05) is 0 Å². The van der Waals surface area contributed by atoms with Gasteiger partial charge in [-0.05, 0) is 54.6 Å². The highest BCUT2D eigenvalue weighted by atomic mass is 35.5. The number of amides is 4. The highest BCUT2D eigenvalue weighted by Gasteiger charge is 2.37. The van der Waals surface area contributed by atoms with Crippen molar-refractivity contribution in [2.45, 2.75) is 0 Å². The van der Waals surface area contributed by atoms with Crippen LogP contribution in [-0.2, 0) is 9.59 Å². The maximum atomic E-state index is 13.1. The number of fused-ring (bicyclic) bond motifs is 1. The number of barbiturate groups is 1. The number of nitrogens with zero attached hydrogens (tertiary/aromatic N) is 1. The first-order chi connectivity index (χ1) is 16.9. The van der Waals surface area contributed by atoms with Crippen LogP contribution in [0.1, 0.15) is 15.9 Å². The molecule has 0 unspecified atom stereocenters. The number of imide groups is 2. The maximum Gasteiger partial charge on any atom is 0.343 e. The van der Waals surface area contributed by atoms with E-state index < -0.39 is 23.8 Å². The van der Waals surface area contributed by atoms with Crippen LogP contribution in [0.25, 0.3) is 6.08 Å². The summed E-state index contributed by atoms with van der Waals surface area (Å²) in [6, 6.07) is 16.1. The quantitative estimate of drug-likeness (QED) is 0.255. The maximum absolute atomic E-state index is 13.1. The number of anilines is 1. The number of carbonyl (C=O) groups excluding carboxylic acids is 4. The van der Waals surface area contributed by atoms with E-state index in [0.29, 0.717) is 16.5 Å². The van der Waals surface area contributed by atoms with Gasteiger partial charge in [0.15, 0.2) is 11.5 Å². The summed E-state index contributed by atoms with van der Waals surface area (Å²) in [5.74, 6) is -1.33. The van der Waals surface area contributed by atoms with E-state index in [0.717, 1.165) is 4.90 Å². The number of benzene rings is 3. The van der Waals surface area contributed by atoms with Crippen LogP contribution in [-0.4, -0.2) is 30.6 Å². The van der Waals surface area contributed by atoms with Crippen LogP contribution in [0.4, 0.5) is 10.5 Å². The summed E-state index contributed by atoms with van der Waals surface area (Å²) in [4.78, 5) is 51.6. The fraction of sp³-hybridized carbons (Fsp3) is 0.0400. The molecule has 5 rings (SSSR count). The fourth-order valence-electron chi connectivity index (χ4n) is 3.51. The average Bonchev–Trinajstić information content (AvgIpc) is 3.32. The molecule has 0 radical (unpaired) electrons. The standard InChI is InChI=1S/C25H15ClN2O7/c26-16-6-8-17(9-7-16)28-23(30)18(22(29)27-25(28)32)11-14-3-1-2-4-19(14)35-24(31)15-5-10-20-21(12-15)34-13-33-20/h1-12H,13H2,(H,27,29,32)/b18-11-. The van der Waals surface area contributed by atoms with E-state index in [2.05, 4.69) is 5.32 Å². The zero-order chi connectivity index (χ0) is 24.5. The van der Waals surface area contributed by atoms with E-state index in [1.165, 1.54) is 48.5 Å². The van der Waals surface area contributed by atoms with Gasteiger partial charge in [-0.25, -0.2) is 14.5 Å². The molecule has 3 aromatic carbocycles. The zero-order valence-electron chi connectivity index (χ0n) is 17.8. The number of rotatable bonds is 4. The highest BCUT2D eigenvalue weighted by molar-refractivity contribution is 6.39. The average molecular weight is 491 g/mol. The van der Waals surface area contributed by atoms with Crippen molar-refractivity contribution in [1.82, 2.24) is 5.32 Å². The van der Waals surface area contributed by atoms with E-state index in [4.69, 9.17) is 25.8 Å². The largest absolute Gasteiger partial charge is 0.454 e. The summed E-state index contributed by atoms with van der Waals surface area (Å²) in [6.07, 6.45) is 1.26. The molecule has 2 aliphatic rings. The van der Waals surface area contributed by atoms with E-state index >= 15 is 0 Å². The molecular weight excluding hydrogens is 476 g/mol. The number of carbonyl (C=O) groups is 4. The van der Waals surface area contributed by atoms with Crippen LogP contribution in [0.2, 0.25) is 5.02 Å². The van der Waals surface area contributed by atoms with Crippen molar-refractivity contribution in [3.8, 4) is 17.2 Å². The van der Waals surface area contributed by atoms with Crippen LogP contribution in [0.15, 0.2) is 72.3 Å². The number of nitrogens with one attached hydrogen (secondary N) is 1. The first-order valence-electron chi connectivity index (χ1n) is 10.3. The third-order valence-corrected chi connectivity index (χ3v) is 5.47. The van der Waals surface area contributed by atoms with Crippen molar-refractivity contribution in [3.05, 3.63) is 88.5 Å². The summed E-state index contributed by atoms with van der Waals surface area (Å²) in [7, 11) is 0. The topological polar surface area (TPSA) is 111 Å². The number of hydrogen-bond donors (Lipinski definition) is 1. The Morgan fingerprint density at radius 3 is 2.51 bits per heavy atom. The smallest absolute Gasteiger partial charge is 0.343 e. The van der Waals surface area contributed by atoms with E-state index in [1.54, 1.807) is 24.3 Å². The lowest BCUT2D eigenvalue weighted by atomic mass is 10.1. The Morgan fingerprint density at radius 1 is 0.971 bits per heavy atom. The summed E-state index contributed by atoms with van der Waals surface area (Å²) in [6.45, 7) is 0.0654. The molecule has 4 amide bonds. The van der Waals surface area contributed by atoms with Gasteiger partial charge in [-0.15, -0.1) is 0 Å². The number of esters is 1. The predicted molar refractivity (Wildman–Crippen MR) is 124 cm³/mol. The molecule has 0 atom stereocenters. The number of urea groups is 1. The molecule has 3 aromatic rings. The molecule has 0 spiro atoms. The molecule has 35 heavy (non-hydrogen) atoms. The third-order valence-electron chi connectivity index (χ3n) is 5.22. The number of halogens is 1. The number of ether oxygens (including phenoxy) is 3. The molecule has 9 nitrogen and oxygen atoms in total. The molecule has 2 aliphatic heterocycles. The SMILES string of the molecule is O=C1NC(=O)N(c2ccc(Cl)cc2)C(=O)/C1=C\c1ccccc1OC(=O)c1ccc2c(c1)OCO2. The minimum Gasteiger partial charge on any atom is -0.454 e. The van der Waals surface area contributed by atoms with Crippen molar-refractivity contribution in [3.63, 3.8) is 0 Å². The molecule has 174 valence electrons. The Morgan fingerprint density at radius 2 is 1.71 bits per heavy atom. The van der Waals surface area contributed by atoms with Gasteiger partial charge in [0.05, 0.1) is 11.3 Å². The second-order valence-electron chi connectivity index (χ2n) is 7.43. The Bertz CT molecular complexity index is 1420. The van der Waals surface area contributed by atoms with Gasteiger partial charge in [-0.3, -0.25) is 14.9 Å². The summed E-state index contributed by atoms with van der Waals surface area (Å²) in [5.41, 5.74) is 0.428. The molecule has 0 aromatic heterocycles. The Balaban J connectivity index is 1.44.